The number of hydrogen-bond donors (Lipinski definition) is 3. The smallest absolute Gasteiger partial charge is 0.224 e. The Bertz CT molecular complexity index is 728. The summed E-state index contributed by atoms with van der Waals surface area (Å²) in [5.74, 6) is -0.296. The van der Waals surface area contributed by atoms with Crippen LogP contribution >= 0.6 is 0 Å². The number of rotatable bonds is 2. The van der Waals surface area contributed by atoms with E-state index in [1.165, 1.54) is 12.1 Å². The first-order valence-electron chi connectivity index (χ1n) is 6.78. The quantitative estimate of drug-likeness (QED) is 0.741. The maximum atomic E-state index is 13.3. The molecule has 0 spiro atoms. The molecule has 1 aliphatic heterocycles. The van der Waals surface area contributed by atoms with Crippen LogP contribution in [0.5, 0.6) is 0 Å². The Labute approximate surface area is 122 Å². The van der Waals surface area contributed by atoms with Crippen molar-refractivity contribution in [3.8, 4) is 0 Å². The molecule has 0 aromatic heterocycles. The van der Waals surface area contributed by atoms with Gasteiger partial charge in [0.15, 0.2) is 0 Å². The molecule has 0 radical (unpaired) electrons. The number of amides is 1. The van der Waals surface area contributed by atoms with E-state index in [2.05, 4.69) is 10.6 Å². The van der Waals surface area contributed by atoms with Gasteiger partial charge in [0.1, 0.15) is 5.82 Å². The zero-order valence-corrected chi connectivity index (χ0v) is 11.7. The standard InChI is InChI=1S/C16H16FN3O/c1-9-2-4-11(17)7-13(9)19-15-6-10-3-5-16(21)20-14(10)8-12(15)18/h2,4,6-8,19H,3,5,18H2,1H3,(H,20,21). The van der Waals surface area contributed by atoms with E-state index in [-0.39, 0.29) is 11.7 Å². The molecule has 0 fully saturated rings. The van der Waals surface area contributed by atoms with Gasteiger partial charge < -0.3 is 16.4 Å². The van der Waals surface area contributed by atoms with Gasteiger partial charge in [-0.15, -0.1) is 0 Å². The lowest BCUT2D eigenvalue weighted by atomic mass is 10.0. The monoisotopic (exact) mass is 285 g/mol. The Morgan fingerprint density at radius 2 is 2.00 bits per heavy atom. The highest BCUT2D eigenvalue weighted by molar-refractivity contribution is 5.95. The second-order valence-electron chi connectivity index (χ2n) is 5.23. The Morgan fingerprint density at radius 1 is 1.19 bits per heavy atom. The predicted octanol–water partition coefficient (Wildman–Crippen LogP) is 3.34. The van der Waals surface area contributed by atoms with Gasteiger partial charge >= 0.3 is 0 Å². The number of nitrogens with two attached hydrogens (primary N) is 1. The number of halogens is 1. The second-order valence-corrected chi connectivity index (χ2v) is 5.23. The first kappa shape index (κ1) is 13.4. The SMILES string of the molecule is Cc1ccc(F)cc1Nc1cc2c(cc1N)NC(=O)CC2. The van der Waals surface area contributed by atoms with E-state index in [0.717, 1.165) is 22.5 Å². The van der Waals surface area contributed by atoms with Crippen molar-refractivity contribution in [1.29, 1.82) is 0 Å². The summed E-state index contributed by atoms with van der Waals surface area (Å²) in [6, 6.07) is 8.23. The minimum Gasteiger partial charge on any atom is -0.397 e. The molecule has 5 heteroatoms. The van der Waals surface area contributed by atoms with Crippen molar-refractivity contribution in [3.63, 3.8) is 0 Å². The molecule has 3 rings (SSSR count). The van der Waals surface area contributed by atoms with Gasteiger partial charge in [0.25, 0.3) is 0 Å². The van der Waals surface area contributed by atoms with Crippen LogP contribution in [0.1, 0.15) is 17.5 Å². The van der Waals surface area contributed by atoms with Gasteiger partial charge in [-0.1, -0.05) is 6.07 Å². The van der Waals surface area contributed by atoms with Crippen LogP contribution in [0.15, 0.2) is 30.3 Å². The summed E-state index contributed by atoms with van der Waals surface area (Å²) >= 11 is 0. The molecule has 2 aromatic rings. The largest absolute Gasteiger partial charge is 0.397 e. The Kier molecular flexibility index (Phi) is 3.25. The first-order valence-corrected chi connectivity index (χ1v) is 6.78. The minimum absolute atomic E-state index is 0.00332. The highest BCUT2D eigenvalue weighted by atomic mass is 19.1. The number of aryl methyl sites for hydroxylation is 2. The third-order valence-electron chi connectivity index (χ3n) is 3.64. The van der Waals surface area contributed by atoms with Gasteiger partial charge in [-0.3, -0.25) is 4.79 Å². The average Bonchev–Trinajstić information content (AvgIpc) is 2.44. The lowest BCUT2D eigenvalue weighted by molar-refractivity contribution is -0.116. The molecular formula is C16H16FN3O. The third-order valence-corrected chi connectivity index (χ3v) is 3.64. The zero-order valence-electron chi connectivity index (χ0n) is 11.7. The van der Waals surface area contributed by atoms with Crippen molar-refractivity contribution in [2.24, 2.45) is 0 Å². The van der Waals surface area contributed by atoms with Crippen LogP contribution in [0.25, 0.3) is 0 Å². The minimum atomic E-state index is -0.299. The molecule has 21 heavy (non-hydrogen) atoms. The fourth-order valence-electron chi connectivity index (χ4n) is 2.43. The number of nitrogens with one attached hydrogen (secondary N) is 2. The van der Waals surface area contributed by atoms with E-state index in [0.29, 0.717) is 24.2 Å². The van der Waals surface area contributed by atoms with Crippen LogP contribution in [0.2, 0.25) is 0 Å². The van der Waals surface area contributed by atoms with Gasteiger partial charge in [0.2, 0.25) is 5.91 Å². The van der Waals surface area contributed by atoms with E-state index in [1.807, 2.05) is 13.0 Å². The summed E-state index contributed by atoms with van der Waals surface area (Å²) in [5.41, 5.74) is 10.7. The van der Waals surface area contributed by atoms with Crippen molar-refractivity contribution in [2.75, 3.05) is 16.4 Å². The molecule has 1 amide bonds. The summed E-state index contributed by atoms with van der Waals surface area (Å²) in [5, 5.41) is 5.97. The Morgan fingerprint density at radius 3 is 2.81 bits per heavy atom. The number of benzene rings is 2. The average molecular weight is 285 g/mol. The summed E-state index contributed by atoms with van der Waals surface area (Å²) < 4.78 is 13.3. The van der Waals surface area contributed by atoms with E-state index in [4.69, 9.17) is 5.73 Å². The number of anilines is 4. The summed E-state index contributed by atoms with van der Waals surface area (Å²) in [4.78, 5) is 11.4. The van der Waals surface area contributed by atoms with E-state index >= 15 is 0 Å². The molecule has 0 saturated carbocycles. The van der Waals surface area contributed by atoms with Crippen LogP contribution in [0, 0.1) is 12.7 Å². The van der Waals surface area contributed by atoms with Crippen LogP contribution in [-0.2, 0) is 11.2 Å². The van der Waals surface area contributed by atoms with Crippen LogP contribution in [0.3, 0.4) is 0 Å². The van der Waals surface area contributed by atoms with E-state index < -0.39 is 0 Å². The summed E-state index contributed by atoms with van der Waals surface area (Å²) in [7, 11) is 0. The lowest BCUT2D eigenvalue weighted by Crippen LogP contribution is -2.19. The summed E-state index contributed by atoms with van der Waals surface area (Å²) in [6.45, 7) is 1.90. The van der Waals surface area contributed by atoms with Crippen molar-refractivity contribution < 1.29 is 9.18 Å². The summed E-state index contributed by atoms with van der Waals surface area (Å²) in [6.07, 6.45) is 1.15. The van der Waals surface area contributed by atoms with Gasteiger partial charge in [-0.25, -0.2) is 4.39 Å². The van der Waals surface area contributed by atoms with Crippen molar-refractivity contribution >= 4 is 28.7 Å². The van der Waals surface area contributed by atoms with Gasteiger partial charge in [0.05, 0.1) is 11.4 Å². The van der Waals surface area contributed by atoms with E-state index in [1.54, 1.807) is 12.1 Å². The van der Waals surface area contributed by atoms with Gasteiger partial charge in [-0.05, 0) is 48.7 Å². The molecule has 108 valence electrons. The highest BCUT2D eigenvalue weighted by Gasteiger charge is 2.17. The Hall–Kier alpha value is -2.56. The van der Waals surface area contributed by atoms with Gasteiger partial charge in [0, 0.05) is 17.8 Å². The fraction of sp³-hybridized carbons (Fsp3) is 0.188. The lowest BCUT2D eigenvalue weighted by Gasteiger charge is -2.20. The molecule has 1 heterocycles. The third kappa shape index (κ3) is 2.67. The van der Waals surface area contributed by atoms with Crippen LogP contribution in [-0.4, -0.2) is 5.91 Å². The van der Waals surface area contributed by atoms with E-state index in [9.17, 15) is 9.18 Å². The Balaban J connectivity index is 1.96. The fourth-order valence-corrected chi connectivity index (χ4v) is 2.43. The first-order chi connectivity index (χ1) is 10.0. The molecule has 0 unspecified atom stereocenters. The highest BCUT2D eigenvalue weighted by Crippen LogP contribution is 2.33. The number of carbonyl (C=O) groups is 1. The molecule has 1 aliphatic rings. The molecule has 0 bridgehead atoms. The topological polar surface area (TPSA) is 67.2 Å². The molecule has 2 aromatic carbocycles. The molecule has 0 aliphatic carbocycles. The van der Waals surface area contributed by atoms with Gasteiger partial charge in [-0.2, -0.15) is 0 Å². The number of hydrogen-bond acceptors (Lipinski definition) is 3. The number of nitrogen functional groups attached to an aromatic ring is 1. The van der Waals surface area contributed by atoms with Crippen LogP contribution in [0.4, 0.5) is 27.1 Å². The van der Waals surface area contributed by atoms with Crippen molar-refractivity contribution in [1.82, 2.24) is 0 Å². The molecule has 4 N–H and O–H groups in total. The molecule has 0 saturated heterocycles. The van der Waals surface area contributed by atoms with Crippen molar-refractivity contribution in [2.45, 2.75) is 19.8 Å². The zero-order chi connectivity index (χ0) is 15.0. The van der Waals surface area contributed by atoms with Crippen molar-refractivity contribution in [3.05, 3.63) is 47.3 Å². The normalized spacial score (nSPS) is 13.5. The molecule has 4 nitrogen and oxygen atoms in total. The maximum Gasteiger partial charge on any atom is 0.224 e. The molecular weight excluding hydrogens is 269 g/mol. The predicted molar refractivity (Wildman–Crippen MR) is 82.2 cm³/mol. The maximum absolute atomic E-state index is 13.3. The number of carbonyl (C=O) groups excluding carboxylic acids is 1. The number of fused-ring (bicyclic) bond motifs is 1. The van der Waals surface area contributed by atoms with Crippen LogP contribution < -0.4 is 16.4 Å². The molecule has 0 atom stereocenters. The second kappa shape index (κ2) is 5.09.